The molecule has 5 aliphatic carbocycles. The summed E-state index contributed by atoms with van der Waals surface area (Å²) in [5, 5.41) is 22.2. The second kappa shape index (κ2) is 12.1. The molecule has 0 aromatic rings. The van der Waals surface area contributed by atoms with Gasteiger partial charge in [0, 0.05) is 44.7 Å². The summed E-state index contributed by atoms with van der Waals surface area (Å²) in [5.41, 5.74) is 0.540. The van der Waals surface area contributed by atoms with Crippen LogP contribution in [0.1, 0.15) is 117 Å². The van der Waals surface area contributed by atoms with Crippen molar-refractivity contribution < 1.29 is 19.8 Å². The minimum absolute atomic E-state index is 0.123. The molecular formula is C37H61N3O4. The van der Waals surface area contributed by atoms with Crippen LogP contribution >= 0.6 is 0 Å². The maximum absolute atomic E-state index is 13.8. The van der Waals surface area contributed by atoms with E-state index < -0.39 is 0 Å². The SMILES string of the molecule is C[C@@H](O)[C@H]1CC[C@H]2[C@@H]3CC[C@H]4C[C@H](O)[C@@H](N5CCN(C(=O)[C@@H]6CCCN6C(=O)C6CCCCC6)CC5)C[C@]4(C)[C@H]3CC[C@]12C. The van der Waals surface area contributed by atoms with Crippen molar-refractivity contribution in [3.05, 3.63) is 0 Å². The van der Waals surface area contributed by atoms with Crippen LogP contribution in [0.2, 0.25) is 0 Å². The van der Waals surface area contributed by atoms with E-state index in [0.717, 1.165) is 88.8 Å². The summed E-state index contributed by atoms with van der Waals surface area (Å²) in [5.74, 6) is 3.79. The highest BCUT2D eigenvalue weighted by atomic mass is 16.3. The summed E-state index contributed by atoms with van der Waals surface area (Å²) < 4.78 is 0. The molecule has 0 aromatic heterocycles. The van der Waals surface area contributed by atoms with Gasteiger partial charge >= 0.3 is 0 Å². The van der Waals surface area contributed by atoms with Gasteiger partial charge in [-0.25, -0.2) is 0 Å². The van der Waals surface area contributed by atoms with Crippen LogP contribution in [-0.4, -0.2) is 93.7 Å². The van der Waals surface area contributed by atoms with Crippen molar-refractivity contribution in [3.63, 3.8) is 0 Å². The number of nitrogens with zero attached hydrogens (tertiary/aromatic N) is 3. The summed E-state index contributed by atoms with van der Waals surface area (Å²) in [6.07, 6.45) is 16.3. The average Bonchev–Trinajstić information content (AvgIpc) is 3.66. The van der Waals surface area contributed by atoms with E-state index in [-0.39, 0.29) is 52.9 Å². The third-order valence-electron chi connectivity index (χ3n) is 15.2. The largest absolute Gasteiger partial charge is 0.393 e. The van der Waals surface area contributed by atoms with E-state index in [1.54, 1.807) is 0 Å². The first kappa shape index (κ1) is 31.4. The predicted molar refractivity (Wildman–Crippen MR) is 172 cm³/mol. The molecule has 0 bridgehead atoms. The molecule has 11 atom stereocenters. The Balaban J connectivity index is 0.990. The number of piperazine rings is 1. The van der Waals surface area contributed by atoms with Crippen molar-refractivity contribution in [1.82, 2.24) is 14.7 Å². The molecule has 2 amide bonds. The lowest BCUT2D eigenvalue weighted by Crippen LogP contribution is -2.63. The van der Waals surface area contributed by atoms with Gasteiger partial charge < -0.3 is 20.0 Å². The number of aliphatic hydroxyl groups is 2. The zero-order chi connectivity index (χ0) is 30.8. The lowest BCUT2D eigenvalue weighted by atomic mass is 9.44. The summed E-state index contributed by atoms with van der Waals surface area (Å²) in [6.45, 7) is 10.9. The van der Waals surface area contributed by atoms with Crippen molar-refractivity contribution in [2.75, 3.05) is 32.7 Å². The lowest BCUT2D eigenvalue weighted by Gasteiger charge is -2.63. The third kappa shape index (κ3) is 5.18. The smallest absolute Gasteiger partial charge is 0.245 e. The van der Waals surface area contributed by atoms with Crippen molar-refractivity contribution in [1.29, 1.82) is 0 Å². The maximum atomic E-state index is 13.8. The second-order valence-electron chi connectivity index (χ2n) is 17.1. The molecule has 7 nitrogen and oxygen atoms in total. The summed E-state index contributed by atoms with van der Waals surface area (Å²) in [4.78, 5) is 33.6. The Bertz CT molecular complexity index is 1070. The van der Waals surface area contributed by atoms with Crippen molar-refractivity contribution in [2.45, 2.75) is 141 Å². The number of amides is 2. The molecule has 2 heterocycles. The van der Waals surface area contributed by atoms with Crippen molar-refractivity contribution in [2.24, 2.45) is 46.3 Å². The van der Waals surface area contributed by atoms with E-state index >= 15 is 0 Å². The van der Waals surface area contributed by atoms with E-state index in [0.29, 0.717) is 24.9 Å². The molecular weight excluding hydrogens is 550 g/mol. The van der Waals surface area contributed by atoms with Crippen LogP contribution in [0.4, 0.5) is 0 Å². The fourth-order valence-corrected chi connectivity index (χ4v) is 12.8. The van der Waals surface area contributed by atoms with Gasteiger partial charge in [-0.2, -0.15) is 0 Å². The van der Waals surface area contributed by atoms with Gasteiger partial charge in [-0.05, 0) is 124 Å². The molecule has 7 aliphatic rings. The van der Waals surface area contributed by atoms with Crippen molar-refractivity contribution >= 4 is 11.8 Å². The number of aliphatic hydroxyl groups excluding tert-OH is 2. The van der Waals surface area contributed by atoms with E-state index in [4.69, 9.17) is 0 Å². The molecule has 0 radical (unpaired) electrons. The van der Waals surface area contributed by atoms with Crippen LogP contribution in [0.15, 0.2) is 0 Å². The van der Waals surface area contributed by atoms with Gasteiger partial charge in [0.2, 0.25) is 11.8 Å². The molecule has 7 heteroatoms. The normalized spacial score (nSPS) is 45.8. The van der Waals surface area contributed by atoms with E-state index in [1.165, 1.54) is 44.9 Å². The highest BCUT2D eigenvalue weighted by molar-refractivity contribution is 5.89. The first-order chi connectivity index (χ1) is 21.1. The van der Waals surface area contributed by atoms with Crippen LogP contribution in [0, 0.1) is 46.3 Å². The van der Waals surface area contributed by atoms with Crippen LogP contribution in [-0.2, 0) is 9.59 Å². The fourth-order valence-electron chi connectivity index (χ4n) is 12.8. The molecule has 2 aliphatic heterocycles. The molecule has 7 fully saturated rings. The number of fused-ring (bicyclic) bond motifs is 5. The molecule has 7 rings (SSSR count). The first-order valence-corrected chi connectivity index (χ1v) is 18.8. The molecule has 2 N–H and O–H groups in total. The number of hydrogen-bond donors (Lipinski definition) is 2. The van der Waals surface area contributed by atoms with Gasteiger partial charge in [-0.3, -0.25) is 14.5 Å². The monoisotopic (exact) mass is 611 g/mol. The Kier molecular flexibility index (Phi) is 8.66. The highest BCUT2D eigenvalue weighted by Crippen LogP contribution is 2.68. The Morgan fingerprint density at radius 2 is 1.50 bits per heavy atom. The number of likely N-dealkylation sites (tertiary alicyclic amines) is 1. The van der Waals surface area contributed by atoms with Crippen LogP contribution in [0.25, 0.3) is 0 Å². The van der Waals surface area contributed by atoms with Crippen LogP contribution in [0.3, 0.4) is 0 Å². The number of rotatable bonds is 4. The zero-order valence-corrected chi connectivity index (χ0v) is 28.0. The third-order valence-corrected chi connectivity index (χ3v) is 15.2. The van der Waals surface area contributed by atoms with E-state index in [9.17, 15) is 19.8 Å². The molecule has 0 aromatic carbocycles. The highest BCUT2D eigenvalue weighted by Gasteiger charge is 2.62. The molecule has 0 spiro atoms. The Morgan fingerprint density at radius 1 is 0.773 bits per heavy atom. The Labute approximate surface area is 266 Å². The average molecular weight is 612 g/mol. The molecule has 5 saturated carbocycles. The zero-order valence-electron chi connectivity index (χ0n) is 28.0. The standard InChI is InChI=1S/C37H61N3O4/c1-24(41)28-13-14-29-27-12-11-26-22-33(42)32(23-37(26,3)30(27)15-16-36(28,29)2)38-18-20-39(21-19-38)35(44)31-10-7-17-40(31)34(43)25-8-5-4-6-9-25/h24-33,41-42H,4-23H2,1-3H3/t24-,26+,27+,28-,29+,30+,31+,32+,33+,36-,37+/m1/s1. The molecule has 44 heavy (non-hydrogen) atoms. The van der Waals surface area contributed by atoms with Gasteiger partial charge in [0.25, 0.3) is 0 Å². The van der Waals surface area contributed by atoms with E-state index in [1.807, 2.05) is 16.7 Å². The minimum atomic E-state index is -0.287. The van der Waals surface area contributed by atoms with Crippen LogP contribution in [0.5, 0.6) is 0 Å². The Hall–Kier alpha value is -1.18. The summed E-state index contributed by atoms with van der Waals surface area (Å²) in [6, 6.07) is -0.0960. The topological polar surface area (TPSA) is 84.3 Å². The van der Waals surface area contributed by atoms with Gasteiger partial charge in [-0.15, -0.1) is 0 Å². The Morgan fingerprint density at radius 3 is 2.23 bits per heavy atom. The molecule has 2 saturated heterocycles. The number of carbonyl (C=O) groups is 2. The second-order valence-corrected chi connectivity index (χ2v) is 17.1. The van der Waals surface area contributed by atoms with Gasteiger partial charge in [0.05, 0.1) is 12.2 Å². The lowest BCUT2D eigenvalue weighted by molar-refractivity contribution is -0.157. The first-order valence-electron chi connectivity index (χ1n) is 18.8. The maximum Gasteiger partial charge on any atom is 0.245 e. The quantitative estimate of drug-likeness (QED) is 0.463. The predicted octanol–water partition coefficient (Wildman–Crippen LogP) is 5.08. The molecule has 248 valence electrons. The fraction of sp³-hybridized carbons (Fsp3) is 0.946. The van der Waals surface area contributed by atoms with E-state index in [2.05, 4.69) is 18.7 Å². The minimum Gasteiger partial charge on any atom is -0.393 e. The van der Waals surface area contributed by atoms with Gasteiger partial charge in [0.1, 0.15) is 6.04 Å². The van der Waals surface area contributed by atoms with Crippen molar-refractivity contribution in [3.8, 4) is 0 Å². The van der Waals surface area contributed by atoms with Gasteiger partial charge in [-0.1, -0.05) is 33.1 Å². The molecule has 0 unspecified atom stereocenters. The number of hydrogen-bond acceptors (Lipinski definition) is 5. The number of carbonyl (C=O) groups excluding carboxylic acids is 2. The summed E-state index contributed by atoms with van der Waals surface area (Å²) >= 11 is 0. The van der Waals surface area contributed by atoms with Crippen LogP contribution < -0.4 is 0 Å². The van der Waals surface area contributed by atoms with Gasteiger partial charge in [0.15, 0.2) is 0 Å². The summed E-state index contributed by atoms with van der Waals surface area (Å²) in [7, 11) is 0.